The molecule has 174 valence electrons. The molecule has 0 aromatic heterocycles. The third kappa shape index (κ3) is 4.15. The van der Waals surface area contributed by atoms with Crippen molar-refractivity contribution in [3.8, 4) is 0 Å². The van der Waals surface area contributed by atoms with Crippen molar-refractivity contribution in [2.24, 2.45) is 0 Å². The number of carbonyl (C=O) groups is 3. The number of benzene rings is 3. The van der Waals surface area contributed by atoms with Crippen molar-refractivity contribution in [3.63, 3.8) is 0 Å². The van der Waals surface area contributed by atoms with Crippen LogP contribution in [-0.2, 0) is 16.1 Å². The van der Waals surface area contributed by atoms with Gasteiger partial charge in [-0.05, 0) is 49.3 Å². The second-order valence-electron chi connectivity index (χ2n) is 8.36. The minimum atomic E-state index is -0.516. The van der Waals surface area contributed by atoms with Gasteiger partial charge in [0.2, 0.25) is 0 Å². The van der Waals surface area contributed by atoms with Crippen LogP contribution in [0, 0.1) is 13.8 Å². The van der Waals surface area contributed by atoms with Crippen molar-refractivity contribution < 1.29 is 14.4 Å². The van der Waals surface area contributed by atoms with Crippen molar-refractivity contribution in [1.29, 1.82) is 0 Å². The molecule has 1 saturated heterocycles. The number of nitrogens with zero attached hydrogens (tertiary/aromatic N) is 2. The van der Waals surface area contributed by atoms with Gasteiger partial charge in [0.15, 0.2) is 4.32 Å². The fourth-order valence-electron chi connectivity index (χ4n) is 4.14. The maximum absolute atomic E-state index is 13.6. The first-order chi connectivity index (χ1) is 16.8. The highest BCUT2D eigenvalue weighted by Gasteiger charge is 2.42. The Morgan fingerprint density at radius 2 is 1.60 bits per heavy atom. The molecule has 1 N–H and O–H groups in total. The molecular weight excluding hydrogens is 478 g/mol. The van der Waals surface area contributed by atoms with E-state index in [1.54, 1.807) is 17.0 Å². The normalized spacial score (nSPS) is 17.3. The molecule has 35 heavy (non-hydrogen) atoms. The van der Waals surface area contributed by atoms with Crippen LogP contribution >= 0.6 is 24.0 Å². The second kappa shape index (κ2) is 9.13. The van der Waals surface area contributed by atoms with Gasteiger partial charge in [0, 0.05) is 11.1 Å². The Balaban J connectivity index is 1.48. The van der Waals surface area contributed by atoms with E-state index in [2.05, 4.69) is 5.43 Å². The topological polar surface area (TPSA) is 69.7 Å². The standard InChI is InChI=1S/C27H21N3O3S2/c1-16-11-13-18(14-12-16)15-29-21-10-6-5-9-20(21)22(25(29)32)23-26(33)30(27(34)35-23)28-24(31)19-8-4-3-7-17(19)2/h3-14H,15H2,1-2H3,(H,28,31). The number of thioether (sulfide) groups is 1. The summed E-state index contributed by atoms with van der Waals surface area (Å²) in [5.74, 6) is -1.22. The molecule has 3 aromatic carbocycles. The Morgan fingerprint density at radius 3 is 2.34 bits per heavy atom. The van der Waals surface area contributed by atoms with Crippen LogP contribution in [0.4, 0.5) is 5.69 Å². The van der Waals surface area contributed by atoms with Crippen LogP contribution in [-0.4, -0.2) is 27.1 Å². The van der Waals surface area contributed by atoms with E-state index < -0.39 is 11.8 Å². The van der Waals surface area contributed by atoms with Crippen LogP contribution in [0.15, 0.2) is 77.7 Å². The summed E-state index contributed by atoms with van der Waals surface area (Å²) in [5.41, 5.74) is 7.67. The average Bonchev–Trinajstić information content (AvgIpc) is 3.28. The Kier molecular flexibility index (Phi) is 6.00. The minimum absolute atomic E-state index is 0.168. The summed E-state index contributed by atoms with van der Waals surface area (Å²) in [6.07, 6.45) is 0. The molecule has 0 spiro atoms. The first kappa shape index (κ1) is 23.0. The SMILES string of the molecule is Cc1ccc(CN2C(=O)C(=C3SC(=S)N(NC(=O)c4ccccc4C)C3=O)c3ccccc32)cc1. The van der Waals surface area contributed by atoms with Gasteiger partial charge < -0.3 is 4.90 Å². The van der Waals surface area contributed by atoms with E-state index in [0.29, 0.717) is 23.2 Å². The summed E-state index contributed by atoms with van der Waals surface area (Å²) in [6, 6.07) is 22.5. The molecule has 2 aliphatic heterocycles. The van der Waals surface area contributed by atoms with Crippen LogP contribution in [0.5, 0.6) is 0 Å². The number of rotatable bonds is 4. The van der Waals surface area contributed by atoms with Crippen molar-refractivity contribution in [2.45, 2.75) is 20.4 Å². The number of amides is 3. The number of carbonyl (C=O) groups excluding carboxylic acids is 3. The smallest absolute Gasteiger partial charge is 0.286 e. The molecular formula is C27H21N3O3S2. The quantitative estimate of drug-likeness (QED) is 0.414. The maximum Gasteiger partial charge on any atom is 0.286 e. The summed E-state index contributed by atoms with van der Waals surface area (Å²) in [4.78, 5) is 41.7. The summed E-state index contributed by atoms with van der Waals surface area (Å²) in [7, 11) is 0. The number of anilines is 1. The third-order valence-electron chi connectivity index (χ3n) is 5.98. The number of hydrogen-bond donors (Lipinski definition) is 1. The first-order valence-electron chi connectivity index (χ1n) is 11.0. The average molecular weight is 500 g/mol. The van der Waals surface area contributed by atoms with Gasteiger partial charge in [-0.25, -0.2) is 0 Å². The van der Waals surface area contributed by atoms with E-state index in [4.69, 9.17) is 12.2 Å². The van der Waals surface area contributed by atoms with Crippen LogP contribution in [0.2, 0.25) is 0 Å². The highest BCUT2D eigenvalue weighted by Crippen LogP contribution is 2.44. The van der Waals surface area contributed by atoms with Crippen LogP contribution in [0.3, 0.4) is 0 Å². The number of nitrogens with one attached hydrogen (secondary N) is 1. The largest absolute Gasteiger partial charge is 0.303 e. The zero-order valence-electron chi connectivity index (χ0n) is 19.1. The van der Waals surface area contributed by atoms with E-state index in [1.165, 1.54) is 0 Å². The molecule has 3 amide bonds. The molecule has 6 nitrogen and oxygen atoms in total. The highest BCUT2D eigenvalue weighted by atomic mass is 32.2. The number of hydrogen-bond acceptors (Lipinski definition) is 5. The van der Waals surface area contributed by atoms with Gasteiger partial charge in [-0.15, -0.1) is 0 Å². The van der Waals surface area contributed by atoms with Crippen LogP contribution in [0.1, 0.15) is 32.6 Å². The van der Waals surface area contributed by atoms with E-state index >= 15 is 0 Å². The Morgan fingerprint density at radius 1 is 0.914 bits per heavy atom. The predicted molar refractivity (Wildman–Crippen MR) is 141 cm³/mol. The Labute approximate surface area is 212 Å². The summed E-state index contributed by atoms with van der Waals surface area (Å²) in [5, 5.41) is 1.05. The molecule has 1 fully saturated rings. The minimum Gasteiger partial charge on any atom is -0.303 e. The Bertz CT molecular complexity index is 1430. The predicted octanol–water partition coefficient (Wildman–Crippen LogP) is 4.77. The molecule has 0 radical (unpaired) electrons. The number of hydrazine groups is 1. The van der Waals surface area contributed by atoms with Crippen molar-refractivity contribution in [1.82, 2.24) is 10.4 Å². The van der Waals surface area contributed by atoms with E-state index in [0.717, 1.165) is 39.1 Å². The van der Waals surface area contributed by atoms with Gasteiger partial charge in [0.05, 0.1) is 22.7 Å². The lowest BCUT2D eigenvalue weighted by molar-refractivity contribution is -0.124. The molecule has 2 aliphatic rings. The fraction of sp³-hybridized carbons (Fsp3) is 0.111. The zero-order valence-corrected chi connectivity index (χ0v) is 20.7. The molecule has 8 heteroatoms. The van der Waals surface area contributed by atoms with Crippen molar-refractivity contribution in [2.75, 3.05) is 4.90 Å². The lowest BCUT2D eigenvalue weighted by atomic mass is 10.1. The van der Waals surface area contributed by atoms with Gasteiger partial charge >= 0.3 is 0 Å². The Hall–Kier alpha value is -3.75. The highest BCUT2D eigenvalue weighted by molar-refractivity contribution is 8.26. The van der Waals surface area contributed by atoms with Crippen LogP contribution < -0.4 is 10.3 Å². The first-order valence-corrected chi connectivity index (χ1v) is 12.2. The summed E-state index contributed by atoms with van der Waals surface area (Å²) < 4.78 is 0.168. The molecule has 0 atom stereocenters. The molecule has 0 bridgehead atoms. The van der Waals surface area contributed by atoms with Gasteiger partial charge in [-0.3, -0.25) is 19.8 Å². The maximum atomic E-state index is 13.6. The lowest BCUT2D eigenvalue weighted by Crippen LogP contribution is -2.45. The van der Waals surface area contributed by atoms with Gasteiger partial charge in [0.1, 0.15) is 0 Å². The zero-order chi connectivity index (χ0) is 24.7. The molecule has 2 heterocycles. The van der Waals surface area contributed by atoms with Gasteiger partial charge in [-0.2, -0.15) is 5.01 Å². The van der Waals surface area contributed by atoms with Crippen molar-refractivity contribution >= 4 is 57.3 Å². The molecule has 0 saturated carbocycles. The molecule has 0 unspecified atom stereocenters. The number of para-hydroxylation sites is 1. The summed E-state index contributed by atoms with van der Waals surface area (Å²) in [6.45, 7) is 4.21. The molecule has 3 aromatic rings. The van der Waals surface area contributed by atoms with Crippen LogP contribution in [0.25, 0.3) is 5.57 Å². The number of thiocarbonyl (C=S) groups is 1. The number of aryl methyl sites for hydroxylation is 2. The van der Waals surface area contributed by atoms with E-state index in [-0.39, 0.29) is 15.1 Å². The third-order valence-corrected chi connectivity index (χ3v) is 7.36. The van der Waals surface area contributed by atoms with Gasteiger partial charge in [0.25, 0.3) is 17.7 Å². The van der Waals surface area contributed by atoms with Gasteiger partial charge in [-0.1, -0.05) is 78.0 Å². The fourth-order valence-corrected chi connectivity index (χ4v) is 5.39. The van der Waals surface area contributed by atoms with E-state index in [9.17, 15) is 14.4 Å². The summed E-state index contributed by atoms with van der Waals surface area (Å²) >= 11 is 6.43. The second-order valence-corrected chi connectivity index (χ2v) is 10.0. The van der Waals surface area contributed by atoms with E-state index in [1.807, 2.05) is 74.5 Å². The molecule has 5 rings (SSSR count). The molecule has 0 aliphatic carbocycles. The van der Waals surface area contributed by atoms with Crippen molar-refractivity contribution in [3.05, 3.63) is 106 Å². The number of fused-ring (bicyclic) bond motifs is 1. The lowest BCUT2D eigenvalue weighted by Gasteiger charge is -2.17. The monoisotopic (exact) mass is 499 g/mol.